The van der Waals surface area contributed by atoms with E-state index in [1.54, 1.807) is 12.3 Å². The van der Waals surface area contributed by atoms with Gasteiger partial charge in [-0.05, 0) is 19.4 Å². The molecule has 2 aromatic rings. The van der Waals surface area contributed by atoms with Crippen LogP contribution >= 0.6 is 0 Å². The minimum atomic E-state index is -0.294. The molecule has 2 aromatic heterocycles. The van der Waals surface area contributed by atoms with Crippen molar-refractivity contribution in [2.75, 3.05) is 13.2 Å². The van der Waals surface area contributed by atoms with E-state index in [4.69, 9.17) is 9.47 Å². The number of hydrogen-bond acceptors (Lipinski definition) is 6. The average Bonchev–Trinajstić information content (AvgIpc) is 2.55. The standard InChI is InChI=1S/C15H18N4O3/c1-3-21-13-6-5-11(8-16-13)9-17-15(20)12-7-14(22-4-2)19-10-18-12/h5-8,10H,3-4,9H2,1-2H3,(H,17,20). The molecule has 2 heterocycles. The number of ether oxygens (including phenoxy) is 2. The van der Waals surface area contributed by atoms with Gasteiger partial charge < -0.3 is 14.8 Å². The number of carbonyl (C=O) groups is 1. The van der Waals surface area contributed by atoms with Gasteiger partial charge in [0, 0.05) is 24.9 Å². The molecule has 2 rings (SSSR count). The SMILES string of the molecule is CCOc1ccc(CNC(=O)c2cc(OCC)ncn2)cn1. The summed E-state index contributed by atoms with van der Waals surface area (Å²) in [5.74, 6) is 0.650. The highest BCUT2D eigenvalue weighted by atomic mass is 16.5. The minimum Gasteiger partial charge on any atom is -0.478 e. The first-order valence-corrected chi connectivity index (χ1v) is 7.03. The first kappa shape index (κ1) is 15.7. The second-order valence-corrected chi connectivity index (χ2v) is 4.29. The van der Waals surface area contributed by atoms with Gasteiger partial charge in [0.1, 0.15) is 12.0 Å². The molecule has 0 bridgehead atoms. The molecule has 0 unspecified atom stereocenters. The van der Waals surface area contributed by atoms with E-state index in [-0.39, 0.29) is 11.6 Å². The van der Waals surface area contributed by atoms with E-state index in [0.717, 1.165) is 5.56 Å². The zero-order chi connectivity index (χ0) is 15.8. The van der Waals surface area contributed by atoms with Crippen LogP contribution in [0, 0.1) is 0 Å². The predicted molar refractivity (Wildman–Crippen MR) is 79.8 cm³/mol. The molecule has 22 heavy (non-hydrogen) atoms. The molecule has 0 aromatic carbocycles. The number of aromatic nitrogens is 3. The molecule has 1 amide bonds. The van der Waals surface area contributed by atoms with Crippen molar-refractivity contribution >= 4 is 5.91 Å². The van der Waals surface area contributed by atoms with E-state index >= 15 is 0 Å². The molecule has 0 spiro atoms. The lowest BCUT2D eigenvalue weighted by molar-refractivity contribution is 0.0945. The summed E-state index contributed by atoms with van der Waals surface area (Å²) < 4.78 is 10.5. The van der Waals surface area contributed by atoms with Gasteiger partial charge in [0.25, 0.3) is 5.91 Å². The van der Waals surface area contributed by atoms with Crippen molar-refractivity contribution in [3.8, 4) is 11.8 Å². The Kier molecular flexibility index (Phi) is 5.65. The van der Waals surface area contributed by atoms with Gasteiger partial charge in [0.15, 0.2) is 0 Å². The maximum absolute atomic E-state index is 12.0. The van der Waals surface area contributed by atoms with Crippen LogP contribution in [0.25, 0.3) is 0 Å². The van der Waals surface area contributed by atoms with E-state index in [0.29, 0.717) is 31.5 Å². The molecular formula is C15H18N4O3. The fourth-order valence-corrected chi connectivity index (χ4v) is 1.71. The van der Waals surface area contributed by atoms with Gasteiger partial charge in [-0.3, -0.25) is 4.79 Å². The smallest absolute Gasteiger partial charge is 0.270 e. The number of nitrogens with zero attached hydrogens (tertiary/aromatic N) is 3. The van der Waals surface area contributed by atoms with Crippen LogP contribution in [0.1, 0.15) is 29.9 Å². The molecule has 0 atom stereocenters. The molecular weight excluding hydrogens is 284 g/mol. The van der Waals surface area contributed by atoms with Crippen LogP contribution in [0.4, 0.5) is 0 Å². The average molecular weight is 302 g/mol. The van der Waals surface area contributed by atoms with Gasteiger partial charge in [0.05, 0.1) is 13.2 Å². The molecule has 0 saturated heterocycles. The summed E-state index contributed by atoms with van der Waals surface area (Å²) in [6, 6.07) is 5.13. The van der Waals surface area contributed by atoms with Crippen LogP contribution in [0.15, 0.2) is 30.7 Å². The van der Waals surface area contributed by atoms with Gasteiger partial charge in [-0.25, -0.2) is 15.0 Å². The topological polar surface area (TPSA) is 86.2 Å². The zero-order valence-corrected chi connectivity index (χ0v) is 12.6. The molecule has 0 fully saturated rings. The molecule has 1 N–H and O–H groups in total. The molecule has 0 aliphatic carbocycles. The van der Waals surface area contributed by atoms with E-state index in [1.165, 1.54) is 12.4 Å². The van der Waals surface area contributed by atoms with E-state index in [9.17, 15) is 4.79 Å². The van der Waals surface area contributed by atoms with E-state index < -0.39 is 0 Å². The number of pyridine rings is 1. The Morgan fingerprint density at radius 1 is 1.09 bits per heavy atom. The second kappa shape index (κ2) is 7.92. The summed E-state index contributed by atoms with van der Waals surface area (Å²) in [5, 5.41) is 2.77. The van der Waals surface area contributed by atoms with Crippen LogP contribution in [0.5, 0.6) is 11.8 Å². The van der Waals surface area contributed by atoms with Crippen molar-refractivity contribution in [3.05, 3.63) is 42.0 Å². The lowest BCUT2D eigenvalue weighted by atomic mass is 10.2. The van der Waals surface area contributed by atoms with Gasteiger partial charge in [-0.15, -0.1) is 0 Å². The van der Waals surface area contributed by atoms with E-state index in [1.807, 2.05) is 19.9 Å². The molecule has 7 nitrogen and oxygen atoms in total. The lowest BCUT2D eigenvalue weighted by Gasteiger charge is -2.07. The van der Waals surface area contributed by atoms with Crippen LogP contribution in [-0.4, -0.2) is 34.1 Å². The molecule has 7 heteroatoms. The molecule has 0 saturated carbocycles. The second-order valence-electron chi connectivity index (χ2n) is 4.29. The Labute approximate surface area is 128 Å². The number of amides is 1. The third kappa shape index (κ3) is 4.41. The minimum absolute atomic E-state index is 0.261. The maximum atomic E-state index is 12.0. The van der Waals surface area contributed by atoms with Gasteiger partial charge in [-0.2, -0.15) is 0 Å². The highest BCUT2D eigenvalue weighted by molar-refractivity contribution is 5.92. The summed E-state index contributed by atoms with van der Waals surface area (Å²) in [4.78, 5) is 24.0. The third-order valence-electron chi connectivity index (χ3n) is 2.71. The number of carbonyl (C=O) groups excluding carboxylic acids is 1. The summed E-state index contributed by atoms with van der Waals surface area (Å²) in [6.07, 6.45) is 2.97. The molecule has 0 radical (unpaired) electrons. The molecule has 116 valence electrons. The van der Waals surface area contributed by atoms with Crippen molar-refractivity contribution < 1.29 is 14.3 Å². The quantitative estimate of drug-likeness (QED) is 0.836. The number of nitrogens with one attached hydrogen (secondary N) is 1. The fourth-order valence-electron chi connectivity index (χ4n) is 1.71. The van der Waals surface area contributed by atoms with Crippen molar-refractivity contribution in [3.63, 3.8) is 0 Å². The normalized spacial score (nSPS) is 10.1. The highest BCUT2D eigenvalue weighted by Crippen LogP contribution is 2.09. The van der Waals surface area contributed by atoms with Crippen LogP contribution in [0.3, 0.4) is 0 Å². The monoisotopic (exact) mass is 302 g/mol. The Morgan fingerprint density at radius 2 is 1.86 bits per heavy atom. The van der Waals surface area contributed by atoms with Gasteiger partial charge in [-0.1, -0.05) is 6.07 Å². The number of rotatable bonds is 7. The fraction of sp³-hybridized carbons (Fsp3) is 0.333. The van der Waals surface area contributed by atoms with Crippen molar-refractivity contribution in [2.24, 2.45) is 0 Å². The van der Waals surface area contributed by atoms with Crippen LogP contribution in [0.2, 0.25) is 0 Å². The van der Waals surface area contributed by atoms with Crippen molar-refractivity contribution in [1.82, 2.24) is 20.3 Å². The Hall–Kier alpha value is -2.70. The maximum Gasteiger partial charge on any atom is 0.270 e. The summed E-state index contributed by atoms with van der Waals surface area (Å²) in [5.41, 5.74) is 1.13. The molecule has 0 aliphatic heterocycles. The first-order valence-electron chi connectivity index (χ1n) is 7.03. The highest BCUT2D eigenvalue weighted by Gasteiger charge is 2.09. The largest absolute Gasteiger partial charge is 0.478 e. The third-order valence-corrected chi connectivity index (χ3v) is 2.71. The Balaban J connectivity index is 1.93. The predicted octanol–water partition coefficient (Wildman–Crippen LogP) is 1.60. The van der Waals surface area contributed by atoms with Crippen LogP contribution in [-0.2, 0) is 6.54 Å². The zero-order valence-electron chi connectivity index (χ0n) is 12.6. The first-order chi connectivity index (χ1) is 10.7. The van der Waals surface area contributed by atoms with E-state index in [2.05, 4.69) is 20.3 Å². The van der Waals surface area contributed by atoms with Crippen molar-refractivity contribution in [1.29, 1.82) is 0 Å². The summed E-state index contributed by atoms with van der Waals surface area (Å²) >= 11 is 0. The van der Waals surface area contributed by atoms with Crippen molar-refractivity contribution in [2.45, 2.75) is 20.4 Å². The van der Waals surface area contributed by atoms with Crippen LogP contribution < -0.4 is 14.8 Å². The summed E-state index contributed by atoms with van der Waals surface area (Å²) in [7, 11) is 0. The van der Waals surface area contributed by atoms with Gasteiger partial charge >= 0.3 is 0 Å². The lowest BCUT2D eigenvalue weighted by Crippen LogP contribution is -2.24. The Morgan fingerprint density at radius 3 is 2.55 bits per heavy atom. The summed E-state index contributed by atoms with van der Waals surface area (Å²) in [6.45, 7) is 5.15. The number of hydrogen-bond donors (Lipinski definition) is 1. The van der Waals surface area contributed by atoms with Gasteiger partial charge in [0.2, 0.25) is 11.8 Å². The Bertz CT molecular complexity index is 616. The molecule has 0 aliphatic rings.